The average molecular weight is 178 g/mol. The van der Waals surface area contributed by atoms with Crippen molar-refractivity contribution < 1.29 is 9.90 Å². The summed E-state index contributed by atoms with van der Waals surface area (Å²) in [5.41, 5.74) is 0. The molecule has 0 unspecified atom stereocenters. The molecule has 0 aromatic carbocycles. The highest BCUT2D eigenvalue weighted by atomic mass is 16.4. The number of carbonyl (C=O) groups is 1. The lowest BCUT2D eigenvalue weighted by atomic mass is 10.7. The Bertz CT molecular complexity index is 307. The maximum atomic E-state index is 10.0. The van der Waals surface area contributed by atoms with Crippen LogP contribution < -0.4 is 0 Å². The maximum Gasteiger partial charge on any atom is 0.415 e. The Morgan fingerprint density at radius 3 is 1.85 bits per heavy atom. The molecule has 0 amide bonds. The number of nitrogens with one attached hydrogen (secondary N) is 1. The molecule has 2 aromatic heterocycles. The van der Waals surface area contributed by atoms with Crippen molar-refractivity contribution in [3.05, 3.63) is 49.1 Å². The summed E-state index contributed by atoms with van der Waals surface area (Å²) in [7, 11) is 0. The smallest absolute Gasteiger partial charge is 0.415 e. The first-order valence-electron chi connectivity index (χ1n) is 3.75. The van der Waals surface area contributed by atoms with Gasteiger partial charge in [-0.1, -0.05) is 0 Å². The number of aromatic nitrogens is 2. The van der Waals surface area contributed by atoms with E-state index in [-0.39, 0.29) is 0 Å². The molecule has 2 aromatic rings. The van der Waals surface area contributed by atoms with Crippen molar-refractivity contribution in [2.45, 2.75) is 0 Å². The molecule has 0 radical (unpaired) electrons. The predicted octanol–water partition coefficient (Wildman–Crippen LogP) is 2.03. The maximum absolute atomic E-state index is 10.0. The molecular weight excluding hydrogens is 168 g/mol. The number of hydrogen-bond acceptors (Lipinski definition) is 1. The van der Waals surface area contributed by atoms with E-state index in [1.165, 1.54) is 12.4 Å². The number of aromatic amines is 1. The third kappa shape index (κ3) is 3.29. The minimum Gasteiger partial charge on any atom is -0.464 e. The first kappa shape index (κ1) is 9.12. The van der Waals surface area contributed by atoms with Gasteiger partial charge in [0.05, 0.1) is 0 Å². The van der Waals surface area contributed by atoms with Crippen LogP contribution in [0.1, 0.15) is 0 Å². The fourth-order valence-electron chi connectivity index (χ4n) is 0.740. The molecule has 0 saturated carbocycles. The quantitative estimate of drug-likeness (QED) is 0.648. The van der Waals surface area contributed by atoms with Gasteiger partial charge in [0.15, 0.2) is 0 Å². The van der Waals surface area contributed by atoms with E-state index >= 15 is 0 Å². The van der Waals surface area contributed by atoms with E-state index in [1.54, 1.807) is 12.1 Å². The van der Waals surface area contributed by atoms with Gasteiger partial charge in [-0.15, -0.1) is 0 Å². The number of carboxylic acid groups (broad SMARTS) is 1. The highest BCUT2D eigenvalue weighted by Crippen LogP contribution is 1.86. The Kier molecular flexibility index (Phi) is 3.38. The molecule has 0 atom stereocenters. The summed E-state index contributed by atoms with van der Waals surface area (Å²) in [4.78, 5) is 12.9. The van der Waals surface area contributed by atoms with Gasteiger partial charge in [-0.25, -0.2) is 4.79 Å². The predicted molar refractivity (Wildman–Crippen MR) is 48.6 cm³/mol. The van der Waals surface area contributed by atoms with Crippen LogP contribution in [-0.2, 0) is 0 Å². The molecule has 0 fully saturated rings. The second-order valence-electron chi connectivity index (χ2n) is 2.26. The number of rotatable bonds is 0. The Labute approximate surface area is 75.4 Å². The summed E-state index contributed by atoms with van der Waals surface area (Å²) < 4.78 is 1.08. The van der Waals surface area contributed by atoms with Crippen molar-refractivity contribution in [2.24, 2.45) is 0 Å². The van der Waals surface area contributed by atoms with Gasteiger partial charge in [0.2, 0.25) is 0 Å². The van der Waals surface area contributed by atoms with Crippen LogP contribution >= 0.6 is 0 Å². The second-order valence-corrected chi connectivity index (χ2v) is 2.26. The van der Waals surface area contributed by atoms with E-state index in [1.807, 2.05) is 24.5 Å². The molecule has 0 aliphatic carbocycles. The molecule has 2 heterocycles. The molecule has 2 N–H and O–H groups in total. The normalized spacial score (nSPS) is 8.62. The first-order valence-corrected chi connectivity index (χ1v) is 3.75. The Hall–Kier alpha value is -1.97. The molecule has 0 aliphatic heterocycles. The molecule has 4 heteroatoms. The third-order valence-corrected chi connectivity index (χ3v) is 1.32. The van der Waals surface area contributed by atoms with Crippen LogP contribution in [0, 0.1) is 0 Å². The van der Waals surface area contributed by atoms with E-state index in [4.69, 9.17) is 5.11 Å². The van der Waals surface area contributed by atoms with Crippen molar-refractivity contribution in [2.75, 3.05) is 0 Å². The standard InChI is InChI=1S/C5H5NO2.C4H5N/c7-5(8)6-3-1-2-4-6;1-2-4-5-3-1/h1-4H,(H,7,8);1-5H. The number of nitrogens with zero attached hydrogens (tertiary/aromatic N) is 1. The SMILES string of the molecule is O=C(O)n1cccc1.c1cc[nH]c1. The van der Waals surface area contributed by atoms with E-state index in [9.17, 15) is 4.79 Å². The Morgan fingerprint density at radius 1 is 1.08 bits per heavy atom. The van der Waals surface area contributed by atoms with E-state index in [0.29, 0.717) is 0 Å². The molecule has 0 spiro atoms. The van der Waals surface area contributed by atoms with Crippen LogP contribution in [0.25, 0.3) is 0 Å². The topological polar surface area (TPSA) is 58.0 Å². The van der Waals surface area contributed by atoms with E-state index in [2.05, 4.69) is 4.98 Å². The first-order chi connectivity index (χ1) is 6.30. The fraction of sp³-hybridized carbons (Fsp3) is 0. The molecule has 2 rings (SSSR count). The van der Waals surface area contributed by atoms with Crippen molar-refractivity contribution in [3.63, 3.8) is 0 Å². The van der Waals surface area contributed by atoms with Crippen molar-refractivity contribution in [3.8, 4) is 0 Å². The summed E-state index contributed by atoms with van der Waals surface area (Å²) in [6.45, 7) is 0. The number of hydrogen-bond donors (Lipinski definition) is 2. The van der Waals surface area contributed by atoms with Gasteiger partial charge in [-0.3, -0.25) is 4.57 Å². The van der Waals surface area contributed by atoms with Crippen LogP contribution in [-0.4, -0.2) is 20.8 Å². The van der Waals surface area contributed by atoms with Gasteiger partial charge < -0.3 is 10.1 Å². The summed E-state index contributed by atoms with van der Waals surface area (Å²) in [6, 6.07) is 7.21. The number of H-pyrrole nitrogens is 1. The monoisotopic (exact) mass is 178 g/mol. The lowest BCUT2D eigenvalue weighted by Gasteiger charge is -1.87. The van der Waals surface area contributed by atoms with Crippen LogP contribution in [0.3, 0.4) is 0 Å². The molecule has 0 saturated heterocycles. The summed E-state index contributed by atoms with van der Waals surface area (Å²) >= 11 is 0. The van der Waals surface area contributed by atoms with Gasteiger partial charge in [-0.05, 0) is 24.3 Å². The largest absolute Gasteiger partial charge is 0.464 e. The zero-order valence-electron chi connectivity index (χ0n) is 6.92. The van der Waals surface area contributed by atoms with Gasteiger partial charge in [-0.2, -0.15) is 0 Å². The van der Waals surface area contributed by atoms with Crippen LogP contribution in [0.5, 0.6) is 0 Å². The van der Waals surface area contributed by atoms with E-state index < -0.39 is 6.09 Å². The van der Waals surface area contributed by atoms with Crippen molar-refractivity contribution in [1.29, 1.82) is 0 Å². The molecule has 68 valence electrons. The second kappa shape index (κ2) is 4.82. The average Bonchev–Trinajstić information content (AvgIpc) is 2.82. The minimum absolute atomic E-state index is 0.949. The highest BCUT2D eigenvalue weighted by Gasteiger charge is 1.92. The van der Waals surface area contributed by atoms with Gasteiger partial charge in [0.25, 0.3) is 0 Å². The Balaban J connectivity index is 0.000000145. The van der Waals surface area contributed by atoms with Gasteiger partial charge in [0, 0.05) is 24.8 Å². The van der Waals surface area contributed by atoms with Crippen molar-refractivity contribution in [1.82, 2.24) is 9.55 Å². The van der Waals surface area contributed by atoms with Crippen LogP contribution in [0.4, 0.5) is 4.79 Å². The van der Waals surface area contributed by atoms with Crippen LogP contribution in [0.2, 0.25) is 0 Å². The zero-order valence-corrected chi connectivity index (χ0v) is 6.92. The molecule has 4 nitrogen and oxygen atoms in total. The highest BCUT2D eigenvalue weighted by molar-refractivity contribution is 5.67. The molecular formula is C9H10N2O2. The third-order valence-electron chi connectivity index (χ3n) is 1.32. The van der Waals surface area contributed by atoms with Crippen molar-refractivity contribution >= 4 is 6.09 Å². The van der Waals surface area contributed by atoms with Crippen LogP contribution in [0.15, 0.2) is 49.1 Å². The fourth-order valence-corrected chi connectivity index (χ4v) is 0.740. The Morgan fingerprint density at radius 2 is 1.62 bits per heavy atom. The summed E-state index contributed by atoms with van der Waals surface area (Å²) in [5.74, 6) is 0. The molecule has 0 aliphatic rings. The lowest BCUT2D eigenvalue weighted by Crippen LogP contribution is -2.03. The van der Waals surface area contributed by atoms with Gasteiger partial charge >= 0.3 is 6.09 Å². The lowest BCUT2D eigenvalue weighted by molar-refractivity contribution is 0.196. The molecule has 13 heavy (non-hydrogen) atoms. The zero-order chi connectivity index (χ0) is 9.52. The summed E-state index contributed by atoms with van der Waals surface area (Å²) in [5, 5.41) is 8.24. The van der Waals surface area contributed by atoms with Gasteiger partial charge in [0.1, 0.15) is 0 Å². The summed E-state index contributed by atoms with van der Waals surface area (Å²) in [6.07, 6.45) is 5.75. The minimum atomic E-state index is -0.949. The molecule has 0 bridgehead atoms. The van der Waals surface area contributed by atoms with E-state index in [0.717, 1.165) is 4.57 Å².